The van der Waals surface area contributed by atoms with Gasteiger partial charge in [0.1, 0.15) is 18.0 Å². The average Bonchev–Trinajstić information content (AvgIpc) is 2.52. The number of amides is 1. The van der Waals surface area contributed by atoms with Crippen molar-refractivity contribution in [2.24, 2.45) is 0 Å². The van der Waals surface area contributed by atoms with E-state index in [4.69, 9.17) is 4.74 Å². The predicted molar refractivity (Wildman–Crippen MR) is 81.5 cm³/mol. The summed E-state index contributed by atoms with van der Waals surface area (Å²) in [5.74, 6) is 1.87. The number of hydrogen-bond acceptors (Lipinski definition) is 6. The Morgan fingerprint density at radius 1 is 1.33 bits per heavy atom. The van der Waals surface area contributed by atoms with E-state index in [9.17, 15) is 4.79 Å². The molecule has 0 saturated carbocycles. The number of ether oxygens (including phenoxy) is 1. The summed E-state index contributed by atoms with van der Waals surface area (Å²) in [7, 11) is 1.70. The second-order valence-corrected chi connectivity index (χ2v) is 5.03. The molecule has 0 radical (unpaired) electrons. The van der Waals surface area contributed by atoms with Gasteiger partial charge in [-0.25, -0.2) is 9.97 Å². The van der Waals surface area contributed by atoms with Gasteiger partial charge in [0, 0.05) is 59.4 Å². The van der Waals surface area contributed by atoms with E-state index in [2.05, 4.69) is 20.2 Å². The number of anilines is 2. The fraction of sp³-hybridized carbons (Fsp3) is 0.643. The SMILES string of the molecule is COCCCNc1cc(N2CCN(C(C)=O)CC2)ncn1. The van der Waals surface area contributed by atoms with Crippen LogP contribution < -0.4 is 10.2 Å². The van der Waals surface area contributed by atoms with Crippen LogP contribution in [0.2, 0.25) is 0 Å². The minimum Gasteiger partial charge on any atom is -0.385 e. The molecule has 1 amide bonds. The van der Waals surface area contributed by atoms with Crippen molar-refractivity contribution >= 4 is 17.5 Å². The van der Waals surface area contributed by atoms with Crippen LogP contribution in [0.1, 0.15) is 13.3 Å². The van der Waals surface area contributed by atoms with Crippen LogP contribution in [0.4, 0.5) is 11.6 Å². The third-order valence-corrected chi connectivity index (χ3v) is 3.53. The Kier molecular flexibility index (Phi) is 5.74. The zero-order valence-corrected chi connectivity index (χ0v) is 12.7. The summed E-state index contributed by atoms with van der Waals surface area (Å²) in [5.41, 5.74) is 0. The molecule has 1 fully saturated rings. The maximum Gasteiger partial charge on any atom is 0.219 e. The van der Waals surface area contributed by atoms with E-state index in [1.165, 1.54) is 0 Å². The molecule has 1 aromatic heterocycles. The maximum absolute atomic E-state index is 11.3. The third-order valence-electron chi connectivity index (χ3n) is 3.53. The van der Waals surface area contributed by atoms with Crippen LogP contribution in [-0.4, -0.2) is 67.2 Å². The van der Waals surface area contributed by atoms with Gasteiger partial charge in [-0.05, 0) is 6.42 Å². The lowest BCUT2D eigenvalue weighted by molar-refractivity contribution is -0.129. The summed E-state index contributed by atoms with van der Waals surface area (Å²) in [6.45, 7) is 6.27. The van der Waals surface area contributed by atoms with E-state index in [0.29, 0.717) is 0 Å². The molecule has 7 heteroatoms. The van der Waals surface area contributed by atoms with Crippen molar-refractivity contribution in [1.82, 2.24) is 14.9 Å². The molecule has 1 N–H and O–H groups in total. The fourth-order valence-corrected chi connectivity index (χ4v) is 2.30. The number of hydrogen-bond donors (Lipinski definition) is 1. The first-order valence-electron chi connectivity index (χ1n) is 7.26. The molecule has 0 bridgehead atoms. The van der Waals surface area contributed by atoms with Crippen LogP contribution in [0, 0.1) is 0 Å². The highest BCUT2D eigenvalue weighted by molar-refractivity contribution is 5.73. The number of rotatable bonds is 6. The van der Waals surface area contributed by atoms with Gasteiger partial charge in [-0.1, -0.05) is 0 Å². The van der Waals surface area contributed by atoms with Gasteiger partial charge in [0.25, 0.3) is 0 Å². The van der Waals surface area contributed by atoms with E-state index < -0.39 is 0 Å². The number of carbonyl (C=O) groups excluding carboxylic acids is 1. The van der Waals surface area contributed by atoms with Gasteiger partial charge < -0.3 is 19.9 Å². The molecule has 1 aliphatic rings. The Bertz CT molecular complexity index is 460. The molecule has 0 spiro atoms. The summed E-state index contributed by atoms with van der Waals surface area (Å²) < 4.78 is 5.01. The van der Waals surface area contributed by atoms with Crippen molar-refractivity contribution in [3.63, 3.8) is 0 Å². The lowest BCUT2D eigenvalue weighted by Crippen LogP contribution is -2.48. The lowest BCUT2D eigenvalue weighted by Gasteiger charge is -2.34. The summed E-state index contributed by atoms with van der Waals surface area (Å²) in [4.78, 5) is 23.9. The van der Waals surface area contributed by atoms with Crippen LogP contribution in [0.25, 0.3) is 0 Å². The van der Waals surface area contributed by atoms with Crippen LogP contribution in [-0.2, 0) is 9.53 Å². The molecule has 2 rings (SSSR count). The van der Waals surface area contributed by atoms with Gasteiger partial charge in [-0.15, -0.1) is 0 Å². The molecule has 1 saturated heterocycles. The monoisotopic (exact) mass is 293 g/mol. The van der Waals surface area contributed by atoms with Crippen LogP contribution in [0.5, 0.6) is 0 Å². The van der Waals surface area contributed by atoms with Gasteiger partial charge in [-0.2, -0.15) is 0 Å². The van der Waals surface area contributed by atoms with Crippen molar-refractivity contribution in [3.05, 3.63) is 12.4 Å². The highest BCUT2D eigenvalue weighted by atomic mass is 16.5. The third kappa shape index (κ3) is 4.56. The summed E-state index contributed by atoms with van der Waals surface area (Å²) in [6, 6.07) is 1.95. The second-order valence-electron chi connectivity index (χ2n) is 5.03. The molecule has 0 aliphatic carbocycles. The van der Waals surface area contributed by atoms with Crippen LogP contribution in [0.15, 0.2) is 12.4 Å². The Labute approximate surface area is 125 Å². The fourth-order valence-electron chi connectivity index (χ4n) is 2.30. The van der Waals surface area contributed by atoms with Crippen molar-refractivity contribution in [3.8, 4) is 0 Å². The van der Waals surface area contributed by atoms with E-state index >= 15 is 0 Å². The minimum atomic E-state index is 0.137. The van der Waals surface area contributed by atoms with Gasteiger partial charge in [0.15, 0.2) is 0 Å². The molecule has 116 valence electrons. The largest absolute Gasteiger partial charge is 0.385 e. The molecule has 1 aromatic rings. The maximum atomic E-state index is 11.3. The second kappa shape index (κ2) is 7.78. The van der Waals surface area contributed by atoms with Gasteiger partial charge in [0.05, 0.1) is 0 Å². The molecular weight excluding hydrogens is 270 g/mol. The normalized spacial score (nSPS) is 15.1. The predicted octanol–water partition coefficient (Wildman–Crippen LogP) is 0.594. The summed E-state index contributed by atoms with van der Waals surface area (Å²) >= 11 is 0. The first kappa shape index (κ1) is 15.5. The highest BCUT2D eigenvalue weighted by Gasteiger charge is 2.19. The average molecular weight is 293 g/mol. The Morgan fingerprint density at radius 2 is 2.10 bits per heavy atom. The molecule has 0 aromatic carbocycles. The zero-order valence-electron chi connectivity index (χ0n) is 12.7. The van der Waals surface area contributed by atoms with E-state index in [0.717, 1.165) is 57.4 Å². The molecular formula is C14H23N5O2. The number of carbonyl (C=O) groups is 1. The first-order chi connectivity index (χ1) is 10.2. The van der Waals surface area contributed by atoms with E-state index in [1.807, 2.05) is 11.0 Å². The van der Waals surface area contributed by atoms with Crippen molar-refractivity contribution in [1.29, 1.82) is 0 Å². The van der Waals surface area contributed by atoms with Crippen molar-refractivity contribution in [2.75, 3.05) is 56.7 Å². The van der Waals surface area contributed by atoms with Gasteiger partial charge in [0.2, 0.25) is 5.91 Å². The number of aromatic nitrogens is 2. The molecule has 1 aliphatic heterocycles. The van der Waals surface area contributed by atoms with Crippen molar-refractivity contribution in [2.45, 2.75) is 13.3 Å². The highest BCUT2D eigenvalue weighted by Crippen LogP contribution is 2.16. The Hall–Kier alpha value is -1.89. The van der Waals surface area contributed by atoms with Crippen molar-refractivity contribution < 1.29 is 9.53 Å². The topological polar surface area (TPSA) is 70.6 Å². The molecule has 0 atom stereocenters. The molecule has 2 heterocycles. The van der Waals surface area contributed by atoms with Gasteiger partial charge >= 0.3 is 0 Å². The number of nitrogens with zero attached hydrogens (tertiary/aromatic N) is 4. The van der Waals surface area contributed by atoms with Crippen LogP contribution >= 0.6 is 0 Å². The quantitative estimate of drug-likeness (QED) is 0.774. The van der Waals surface area contributed by atoms with Gasteiger partial charge in [-0.3, -0.25) is 4.79 Å². The molecule has 0 unspecified atom stereocenters. The first-order valence-corrected chi connectivity index (χ1v) is 7.26. The Morgan fingerprint density at radius 3 is 2.76 bits per heavy atom. The molecule has 21 heavy (non-hydrogen) atoms. The zero-order chi connectivity index (χ0) is 15.1. The van der Waals surface area contributed by atoms with E-state index in [-0.39, 0.29) is 5.91 Å². The number of nitrogens with one attached hydrogen (secondary N) is 1. The standard InChI is InChI=1S/C14H23N5O2/c1-12(20)18-5-7-19(8-6-18)14-10-13(16-11-17-14)15-4-3-9-21-2/h10-11H,3-9H2,1-2H3,(H,15,16,17). The Balaban J connectivity index is 1.87. The lowest BCUT2D eigenvalue weighted by atomic mass is 10.3. The number of methoxy groups -OCH3 is 1. The summed E-state index contributed by atoms with van der Waals surface area (Å²) in [5, 5.41) is 3.26. The summed E-state index contributed by atoms with van der Waals surface area (Å²) in [6.07, 6.45) is 2.51. The van der Waals surface area contributed by atoms with Crippen LogP contribution in [0.3, 0.4) is 0 Å². The van der Waals surface area contributed by atoms with E-state index in [1.54, 1.807) is 20.4 Å². The molecule has 7 nitrogen and oxygen atoms in total. The minimum absolute atomic E-state index is 0.137. The smallest absolute Gasteiger partial charge is 0.219 e. The number of piperazine rings is 1.